The van der Waals surface area contributed by atoms with E-state index in [9.17, 15) is 14.4 Å². The molecule has 3 aliphatic rings. The Bertz CT molecular complexity index is 1800. The third-order valence-electron chi connectivity index (χ3n) is 10.4. The van der Waals surface area contributed by atoms with E-state index in [1.165, 1.54) is 32.3 Å². The molecule has 1 aromatic heterocycles. The van der Waals surface area contributed by atoms with Gasteiger partial charge in [-0.1, -0.05) is 20.8 Å². The van der Waals surface area contributed by atoms with Crippen molar-refractivity contribution in [1.82, 2.24) is 30.4 Å². The van der Waals surface area contributed by atoms with Gasteiger partial charge in [-0.05, 0) is 75.3 Å². The second-order valence-electron chi connectivity index (χ2n) is 15.3. The van der Waals surface area contributed by atoms with Gasteiger partial charge in [0.25, 0.3) is 0 Å². The topological polar surface area (TPSA) is 144 Å². The molecule has 6 rings (SSSR count). The SMILES string of the molecule is CN[C@@H](C)C(=O)N[C@H](C(=O)N1CCC[C@H]1C(=O)Nc1cc2c(Nc3ccc(N4CCN(CC5CC5)CC4)c(F)c3)ncnc2cc1OC)C(C)(C)C.Cl. The normalized spacial score (nSPS) is 19.0. The van der Waals surface area contributed by atoms with E-state index < -0.39 is 23.5 Å². The first-order chi connectivity index (χ1) is 24.9. The van der Waals surface area contributed by atoms with Crippen LogP contribution in [0.5, 0.6) is 5.75 Å². The predicted molar refractivity (Wildman–Crippen MR) is 208 cm³/mol. The molecule has 0 radical (unpaired) electrons. The van der Waals surface area contributed by atoms with E-state index >= 15 is 4.39 Å². The molecule has 2 aliphatic heterocycles. The minimum absolute atomic E-state index is 0. The Labute approximate surface area is 317 Å². The smallest absolute Gasteiger partial charge is 0.247 e. The number of nitrogens with one attached hydrogen (secondary N) is 4. The van der Waals surface area contributed by atoms with Crippen LogP contribution in [0.25, 0.3) is 10.9 Å². The third-order valence-corrected chi connectivity index (χ3v) is 10.4. The van der Waals surface area contributed by atoms with Gasteiger partial charge in [-0.2, -0.15) is 0 Å². The van der Waals surface area contributed by atoms with E-state index in [0.717, 1.165) is 38.6 Å². The fourth-order valence-corrected chi connectivity index (χ4v) is 7.00. The highest BCUT2D eigenvalue weighted by Crippen LogP contribution is 2.35. The molecule has 1 saturated carbocycles. The number of hydrogen-bond donors (Lipinski definition) is 4. The number of anilines is 4. The van der Waals surface area contributed by atoms with Crippen molar-refractivity contribution < 1.29 is 23.5 Å². The van der Waals surface area contributed by atoms with Crippen molar-refractivity contribution in [3.63, 3.8) is 0 Å². The molecule has 3 atom stereocenters. The Morgan fingerprint density at radius 3 is 2.40 bits per heavy atom. The molecule has 2 aromatic carbocycles. The number of rotatable bonds is 12. The molecule has 3 heterocycles. The molecule has 13 nitrogen and oxygen atoms in total. The van der Waals surface area contributed by atoms with Crippen LogP contribution in [0.1, 0.15) is 53.4 Å². The van der Waals surface area contributed by atoms with Crippen LogP contribution in [0.2, 0.25) is 0 Å². The molecule has 3 aromatic rings. The summed E-state index contributed by atoms with van der Waals surface area (Å²) in [4.78, 5) is 55.6. The third kappa shape index (κ3) is 9.28. The number of ether oxygens (including phenoxy) is 1. The first-order valence-corrected chi connectivity index (χ1v) is 18.3. The number of halogens is 2. The summed E-state index contributed by atoms with van der Waals surface area (Å²) in [7, 11) is 3.18. The summed E-state index contributed by atoms with van der Waals surface area (Å²) in [6, 6.07) is 6.49. The summed E-state index contributed by atoms with van der Waals surface area (Å²) < 4.78 is 21.1. The maximum atomic E-state index is 15.5. The van der Waals surface area contributed by atoms with Crippen LogP contribution in [0, 0.1) is 17.2 Å². The summed E-state index contributed by atoms with van der Waals surface area (Å²) in [5.41, 5.74) is 1.46. The van der Waals surface area contributed by atoms with Gasteiger partial charge in [0.05, 0.1) is 30.0 Å². The van der Waals surface area contributed by atoms with Crippen LogP contribution < -0.4 is 30.9 Å². The minimum atomic E-state index is -0.828. The molecule has 1 aliphatic carbocycles. The maximum absolute atomic E-state index is 15.5. The Hall–Kier alpha value is -4.27. The molecule has 15 heteroatoms. The number of aromatic nitrogens is 2. The van der Waals surface area contributed by atoms with Crippen molar-refractivity contribution in [1.29, 1.82) is 0 Å². The number of fused-ring (bicyclic) bond motifs is 1. The van der Waals surface area contributed by atoms with E-state index in [-0.39, 0.29) is 35.9 Å². The van der Waals surface area contributed by atoms with Crippen molar-refractivity contribution in [2.75, 3.05) is 69.0 Å². The van der Waals surface area contributed by atoms with Gasteiger partial charge >= 0.3 is 0 Å². The lowest BCUT2D eigenvalue weighted by Crippen LogP contribution is -2.59. The Morgan fingerprint density at radius 1 is 1.02 bits per heavy atom. The van der Waals surface area contributed by atoms with Crippen molar-refractivity contribution in [3.8, 4) is 5.75 Å². The lowest BCUT2D eigenvalue weighted by molar-refractivity contribution is -0.143. The Morgan fingerprint density at radius 2 is 1.75 bits per heavy atom. The number of nitrogens with zero attached hydrogens (tertiary/aromatic N) is 5. The maximum Gasteiger partial charge on any atom is 0.247 e. The molecule has 0 spiro atoms. The number of amides is 3. The molecular weight excluding hydrogens is 701 g/mol. The predicted octanol–water partition coefficient (Wildman–Crippen LogP) is 4.54. The van der Waals surface area contributed by atoms with Gasteiger partial charge in [0.2, 0.25) is 17.7 Å². The summed E-state index contributed by atoms with van der Waals surface area (Å²) in [6.07, 6.45) is 5.18. The van der Waals surface area contributed by atoms with Crippen LogP contribution in [0.15, 0.2) is 36.7 Å². The largest absolute Gasteiger partial charge is 0.494 e. The lowest BCUT2D eigenvalue weighted by Gasteiger charge is -2.36. The number of hydrogen-bond acceptors (Lipinski definition) is 10. The summed E-state index contributed by atoms with van der Waals surface area (Å²) >= 11 is 0. The summed E-state index contributed by atoms with van der Waals surface area (Å²) in [6.45, 7) is 12.4. The van der Waals surface area contributed by atoms with Crippen LogP contribution in [-0.4, -0.2) is 109 Å². The first kappa shape index (κ1) is 39.9. The number of benzene rings is 2. The highest BCUT2D eigenvalue weighted by Gasteiger charge is 2.42. The average molecular weight is 754 g/mol. The Kier molecular flexibility index (Phi) is 12.7. The van der Waals surface area contributed by atoms with Gasteiger partial charge < -0.3 is 35.8 Å². The number of likely N-dealkylation sites (N-methyl/N-ethyl adjacent to an activating group) is 1. The van der Waals surface area contributed by atoms with Gasteiger partial charge in [-0.15, -0.1) is 12.4 Å². The van der Waals surface area contributed by atoms with E-state index in [1.54, 1.807) is 37.1 Å². The van der Waals surface area contributed by atoms with Crippen molar-refractivity contribution in [3.05, 3.63) is 42.5 Å². The Balaban J connectivity index is 0.00000541. The minimum Gasteiger partial charge on any atom is -0.494 e. The molecule has 288 valence electrons. The van der Waals surface area contributed by atoms with Gasteiger partial charge in [-0.3, -0.25) is 19.3 Å². The molecule has 3 amide bonds. The highest BCUT2D eigenvalue weighted by molar-refractivity contribution is 6.03. The standard InChI is InChI=1S/C38H52FN9O4.ClH/c1-23(40-5)35(49)45-33(38(2,3)4)37(51)48-13-7-8-31(48)36(50)44-29-19-26-28(20-32(29)52-6)41-22-42-34(26)43-25-11-12-30(27(39)18-25)47-16-14-46(15-17-47)21-24-9-10-24;/h11-12,18-20,22-24,31,33,40H,7-10,13-17,21H2,1-6H3,(H,44,50)(H,45,49)(H,41,42,43);1H/t23-,31-,33+;/m0./s1. The van der Waals surface area contributed by atoms with Crippen LogP contribution in [0.3, 0.4) is 0 Å². The zero-order valence-electron chi connectivity index (χ0n) is 31.5. The average Bonchev–Trinajstić information content (AvgIpc) is 3.80. The van der Waals surface area contributed by atoms with Crippen LogP contribution in [0.4, 0.5) is 27.3 Å². The van der Waals surface area contributed by atoms with Crippen LogP contribution >= 0.6 is 12.4 Å². The van der Waals surface area contributed by atoms with Crippen molar-refractivity contribution >= 4 is 63.9 Å². The van der Waals surface area contributed by atoms with Crippen molar-refractivity contribution in [2.24, 2.45) is 11.3 Å². The number of carbonyl (C=O) groups is 3. The number of methoxy groups -OCH3 is 1. The lowest BCUT2D eigenvalue weighted by atomic mass is 9.85. The second-order valence-corrected chi connectivity index (χ2v) is 15.3. The highest BCUT2D eigenvalue weighted by atomic mass is 35.5. The fraction of sp³-hybridized carbons (Fsp3) is 0.553. The van der Waals surface area contributed by atoms with Gasteiger partial charge in [0.1, 0.15) is 35.8 Å². The number of carbonyl (C=O) groups excluding carboxylic acids is 3. The summed E-state index contributed by atoms with van der Waals surface area (Å²) in [5, 5.41) is 12.6. The first-order valence-electron chi connectivity index (χ1n) is 18.3. The molecule has 0 unspecified atom stereocenters. The van der Waals surface area contributed by atoms with Gasteiger partial charge in [0, 0.05) is 56.4 Å². The van der Waals surface area contributed by atoms with Crippen LogP contribution in [-0.2, 0) is 14.4 Å². The van der Waals surface area contributed by atoms with Crippen molar-refractivity contribution in [2.45, 2.75) is 71.5 Å². The van der Waals surface area contributed by atoms with Gasteiger partial charge in [-0.25, -0.2) is 14.4 Å². The van der Waals surface area contributed by atoms with E-state index in [4.69, 9.17) is 4.74 Å². The molecule has 3 fully saturated rings. The molecule has 2 saturated heterocycles. The number of piperazine rings is 1. The number of likely N-dealkylation sites (tertiary alicyclic amines) is 1. The zero-order chi connectivity index (χ0) is 37.2. The second kappa shape index (κ2) is 16.8. The molecule has 53 heavy (non-hydrogen) atoms. The van der Waals surface area contributed by atoms with E-state index in [1.807, 2.05) is 26.8 Å². The zero-order valence-corrected chi connectivity index (χ0v) is 32.3. The molecule has 0 bridgehead atoms. The monoisotopic (exact) mass is 753 g/mol. The molecule has 4 N–H and O–H groups in total. The fourth-order valence-electron chi connectivity index (χ4n) is 7.00. The van der Waals surface area contributed by atoms with E-state index in [0.29, 0.717) is 58.9 Å². The summed E-state index contributed by atoms with van der Waals surface area (Å²) in [5.74, 6) is 0.378. The van der Waals surface area contributed by atoms with Gasteiger partial charge in [0.15, 0.2) is 0 Å². The quantitative estimate of drug-likeness (QED) is 0.208. The molecular formula is C38H53ClFN9O4. The van der Waals surface area contributed by atoms with E-state index in [2.05, 4.69) is 41.0 Å².